The van der Waals surface area contributed by atoms with E-state index in [1.165, 1.54) is 18.3 Å². The predicted molar refractivity (Wildman–Crippen MR) is 57.8 cm³/mol. The minimum absolute atomic E-state index is 0.440. The van der Waals surface area contributed by atoms with Gasteiger partial charge in [0, 0.05) is 12.3 Å². The van der Waals surface area contributed by atoms with Crippen molar-refractivity contribution in [2.45, 2.75) is 13.0 Å². The van der Waals surface area contributed by atoms with Crippen molar-refractivity contribution in [2.75, 3.05) is 25.6 Å². The minimum atomic E-state index is -2.57. The van der Waals surface area contributed by atoms with E-state index < -0.39 is 18.5 Å². The summed E-state index contributed by atoms with van der Waals surface area (Å²) in [6, 6.07) is -0.750. The third-order valence-corrected chi connectivity index (χ3v) is 6.84. The van der Waals surface area contributed by atoms with Gasteiger partial charge in [0.1, 0.15) is 6.04 Å². The van der Waals surface area contributed by atoms with Crippen LogP contribution in [0.4, 0.5) is 0 Å². The lowest BCUT2D eigenvalue weighted by Crippen LogP contribution is -2.36. The summed E-state index contributed by atoms with van der Waals surface area (Å²) < 4.78 is 12.1. The lowest BCUT2D eigenvalue weighted by Gasteiger charge is -2.30. The van der Waals surface area contributed by atoms with Gasteiger partial charge in [0.05, 0.1) is 6.29 Å². The first-order valence-corrected chi connectivity index (χ1v) is 7.84. The summed E-state index contributed by atoms with van der Waals surface area (Å²) in [7, 11) is 1.89. The Morgan fingerprint density at radius 1 is 1.71 bits per heavy atom. The van der Waals surface area contributed by atoms with E-state index in [0.29, 0.717) is 6.29 Å². The molecule has 1 fully saturated rings. The van der Waals surface area contributed by atoms with E-state index in [4.69, 9.17) is 5.11 Å². The van der Waals surface area contributed by atoms with Gasteiger partial charge in [0.25, 0.3) is 0 Å². The molecule has 5 nitrogen and oxygen atoms in total. The number of hydrogen-bond donors (Lipinski definition) is 2. The second-order valence-corrected chi connectivity index (χ2v) is 8.52. The van der Waals surface area contributed by atoms with Crippen LogP contribution in [0.2, 0.25) is 0 Å². The Morgan fingerprint density at radius 3 is 2.86 bits per heavy atom. The zero-order chi connectivity index (χ0) is 10.8. The van der Waals surface area contributed by atoms with Gasteiger partial charge in [-0.15, -0.1) is 0 Å². The number of hydrogen-bond acceptors (Lipinski definition) is 4. The third kappa shape index (κ3) is 3.28. The molecule has 0 radical (unpaired) electrons. The molecule has 0 saturated carbocycles. The molecule has 0 aromatic heterocycles. The molecule has 7 heteroatoms. The van der Waals surface area contributed by atoms with Gasteiger partial charge in [-0.05, 0) is 14.0 Å². The molecular weight excluding hydrogens is 223 g/mol. The molecule has 2 N–H and O–H groups in total. The van der Waals surface area contributed by atoms with Crippen molar-refractivity contribution in [1.29, 1.82) is 0 Å². The Bertz CT molecular complexity index is 274. The van der Waals surface area contributed by atoms with Crippen LogP contribution in [0.25, 0.3) is 0 Å². The Hall–Kier alpha value is -0.0300. The number of nitrogens with one attached hydrogen (secondary N) is 1. The minimum Gasteiger partial charge on any atom is -0.480 e. The molecule has 2 atom stereocenters. The summed E-state index contributed by atoms with van der Waals surface area (Å²) in [5.41, 5.74) is 0. The van der Waals surface area contributed by atoms with Gasteiger partial charge in [0.2, 0.25) is 6.49 Å². The fraction of sp³-hybridized carbons (Fsp3) is 0.857. The van der Waals surface area contributed by atoms with Crippen LogP contribution in [0.15, 0.2) is 0 Å². The topological polar surface area (TPSA) is 69.6 Å². The fourth-order valence-corrected chi connectivity index (χ4v) is 6.27. The van der Waals surface area contributed by atoms with Gasteiger partial charge >= 0.3 is 5.97 Å². The van der Waals surface area contributed by atoms with Crippen molar-refractivity contribution < 1.29 is 14.5 Å². The maximum atomic E-state index is 12.1. The number of rotatable bonds is 3. The van der Waals surface area contributed by atoms with Crippen LogP contribution in [0, 0.1) is 0 Å². The van der Waals surface area contributed by atoms with Crippen molar-refractivity contribution >= 4 is 23.8 Å². The first kappa shape index (κ1) is 12.0. The Labute approximate surface area is 87.4 Å². The quantitative estimate of drug-likeness (QED) is 0.711. The molecule has 14 heavy (non-hydrogen) atoms. The molecule has 0 aliphatic carbocycles. The van der Waals surface area contributed by atoms with E-state index in [1.807, 2.05) is 11.9 Å². The van der Waals surface area contributed by atoms with Gasteiger partial charge in [-0.1, -0.05) is 11.4 Å². The highest BCUT2D eigenvalue weighted by atomic mass is 32.7. The molecule has 1 unspecified atom stereocenters. The van der Waals surface area contributed by atoms with Crippen molar-refractivity contribution in [3.8, 4) is 0 Å². The first-order valence-electron chi connectivity index (χ1n) is 4.36. The summed E-state index contributed by atoms with van der Waals surface area (Å²) in [5.74, 6) is -0.179. The fourth-order valence-electron chi connectivity index (χ4n) is 1.20. The number of nitrogens with zero attached hydrogens (tertiary/aromatic N) is 1. The van der Waals surface area contributed by atoms with Crippen LogP contribution in [0.5, 0.6) is 0 Å². The number of aliphatic carboxylic acids is 1. The van der Waals surface area contributed by atoms with Crippen LogP contribution < -0.4 is 5.09 Å². The van der Waals surface area contributed by atoms with E-state index in [2.05, 4.69) is 5.09 Å². The average Bonchev–Trinajstić information content (AvgIpc) is 2.02. The summed E-state index contributed by atoms with van der Waals surface area (Å²) in [4.78, 5) is 12.5. The van der Waals surface area contributed by atoms with Crippen molar-refractivity contribution in [3.63, 3.8) is 0 Å². The smallest absolute Gasteiger partial charge is 0.320 e. The second-order valence-electron chi connectivity index (χ2n) is 3.42. The molecule has 0 spiro atoms. The molecule has 1 aliphatic rings. The van der Waals surface area contributed by atoms with E-state index in [9.17, 15) is 9.36 Å². The molecule has 0 aromatic carbocycles. The molecule has 1 heterocycles. The second kappa shape index (κ2) is 4.66. The lowest BCUT2D eigenvalue weighted by atomic mass is 10.4. The molecule has 82 valence electrons. The van der Waals surface area contributed by atoms with Crippen molar-refractivity contribution in [1.82, 2.24) is 9.99 Å². The van der Waals surface area contributed by atoms with Gasteiger partial charge in [-0.25, -0.2) is 5.09 Å². The van der Waals surface area contributed by atoms with E-state index in [1.54, 1.807) is 0 Å². The maximum Gasteiger partial charge on any atom is 0.320 e. The summed E-state index contributed by atoms with van der Waals surface area (Å²) in [6.45, 7) is -0.156. The molecular formula is C7H15N2O3PS. The van der Waals surface area contributed by atoms with Gasteiger partial charge < -0.3 is 5.11 Å². The maximum absolute atomic E-state index is 12.1. The Kier molecular flexibility index (Phi) is 4.01. The van der Waals surface area contributed by atoms with Crippen LogP contribution in [-0.2, 0) is 9.36 Å². The van der Waals surface area contributed by atoms with Crippen LogP contribution in [0.1, 0.15) is 6.92 Å². The monoisotopic (exact) mass is 238 g/mol. The summed E-state index contributed by atoms with van der Waals surface area (Å²) >= 11 is 1.35. The highest BCUT2D eigenvalue weighted by Crippen LogP contribution is 2.57. The lowest BCUT2D eigenvalue weighted by molar-refractivity contribution is -0.138. The van der Waals surface area contributed by atoms with Gasteiger partial charge in [-0.3, -0.25) is 14.3 Å². The molecule has 0 amide bonds. The number of carboxylic acid groups (broad SMARTS) is 1. The van der Waals surface area contributed by atoms with Crippen molar-refractivity contribution in [2.24, 2.45) is 0 Å². The molecule has 1 saturated heterocycles. The molecule has 0 aromatic rings. The van der Waals surface area contributed by atoms with E-state index >= 15 is 0 Å². The molecule has 1 rings (SSSR count). The summed E-state index contributed by atoms with van der Waals surface area (Å²) in [5, 5.41) is 11.4. The SMILES string of the molecule is CC(N[P@@]1(=O)CN(C)CCS1)C(=O)O. The van der Waals surface area contributed by atoms with Crippen LogP contribution >= 0.6 is 17.9 Å². The largest absolute Gasteiger partial charge is 0.480 e. The Balaban J connectivity index is 2.57. The third-order valence-electron chi connectivity index (χ3n) is 1.96. The first-order chi connectivity index (χ1) is 6.43. The molecule has 1 aliphatic heterocycles. The van der Waals surface area contributed by atoms with Gasteiger partial charge in [0.15, 0.2) is 0 Å². The van der Waals surface area contributed by atoms with E-state index in [0.717, 1.165) is 12.3 Å². The van der Waals surface area contributed by atoms with Gasteiger partial charge in [-0.2, -0.15) is 0 Å². The van der Waals surface area contributed by atoms with Crippen LogP contribution in [-0.4, -0.2) is 47.6 Å². The number of carboxylic acids is 1. The Morgan fingerprint density at radius 2 is 2.36 bits per heavy atom. The van der Waals surface area contributed by atoms with E-state index in [-0.39, 0.29) is 0 Å². The zero-order valence-corrected chi connectivity index (χ0v) is 9.98. The number of carbonyl (C=O) groups is 1. The highest BCUT2D eigenvalue weighted by molar-refractivity contribution is 8.57. The molecule has 0 bridgehead atoms. The predicted octanol–water partition coefficient (Wildman–Crippen LogP) is 0.878. The highest BCUT2D eigenvalue weighted by Gasteiger charge is 2.31. The zero-order valence-electron chi connectivity index (χ0n) is 8.27. The normalized spacial score (nSPS) is 31.3. The standard InChI is InChI=1S/C7H15N2O3PS/c1-6(7(10)11)8-13(12)5-9(2)3-4-14-13/h6H,3-5H2,1-2H3,(H,8,12)(H,10,11)/t6?,13-/m1/s1. The van der Waals surface area contributed by atoms with Crippen LogP contribution in [0.3, 0.4) is 0 Å². The average molecular weight is 238 g/mol. The van der Waals surface area contributed by atoms with Crippen molar-refractivity contribution in [3.05, 3.63) is 0 Å². The summed E-state index contributed by atoms with van der Waals surface area (Å²) in [6.07, 6.45) is 0.440.